The Balaban J connectivity index is 1.71. The van der Waals surface area contributed by atoms with Gasteiger partial charge in [0.25, 0.3) is 0 Å². The van der Waals surface area contributed by atoms with Gasteiger partial charge in [0.05, 0.1) is 0 Å². The third-order valence-corrected chi connectivity index (χ3v) is 5.56. The zero-order valence-electron chi connectivity index (χ0n) is 11.8. The van der Waals surface area contributed by atoms with Gasteiger partial charge in [0.2, 0.25) is 5.91 Å². The Morgan fingerprint density at radius 3 is 2.50 bits per heavy atom. The molecule has 2 fully saturated rings. The van der Waals surface area contributed by atoms with Gasteiger partial charge in [-0.15, -0.1) is 0 Å². The highest BCUT2D eigenvalue weighted by atomic mass is 32.2. The molecular formula is C14H26N2OS. The highest BCUT2D eigenvalue weighted by molar-refractivity contribution is 7.99. The fourth-order valence-electron chi connectivity index (χ4n) is 3.06. The molecule has 2 rings (SSSR count). The van der Waals surface area contributed by atoms with E-state index in [4.69, 9.17) is 0 Å². The summed E-state index contributed by atoms with van der Waals surface area (Å²) in [5.41, 5.74) is 0. The molecule has 2 aliphatic rings. The highest BCUT2D eigenvalue weighted by Crippen LogP contribution is 2.32. The number of nitrogens with one attached hydrogen (secondary N) is 2. The van der Waals surface area contributed by atoms with Crippen molar-refractivity contribution in [2.45, 2.75) is 62.8 Å². The SMILES string of the molecule is CSC(C)(C)CNC(=O)CC1CC2CCC(C1)N2. The summed E-state index contributed by atoms with van der Waals surface area (Å²) in [4.78, 5) is 12.0. The van der Waals surface area contributed by atoms with Crippen LogP contribution >= 0.6 is 11.8 Å². The number of hydrogen-bond acceptors (Lipinski definition) is 3. The van der Waals surface area contributed by atoms with Crippen LogP contribution in [0.4, 0.5) is 0 Å². The molecule has 104 valence electrons. The van der Waals surface area contributed by atoms with Gasteiger partial charge in [0.15, 0.2) is 0 Å². The monoisotopic (exact) mass is 270 g/mol. The summed E-state index contributed by atoms with van der Waals surface area (Å²) in [6.45, 7) is 5.11. The second-order valence-corrected chi connectivity index (χ2v) is 7.93. The van der Waals surface area contributed by atoms with Crippen molar-refractivity contribution in [2.75, 3.05) is 12.8 Å². The minimum atomic E-state index is 0.142. The second-order valence-electron chi connectivity index (χ2n) is 6.42. The number of rotatable bonds is 5. The van der Waals surface area contributed by atoms with Crippen LogP contribution in [0.15, 0.2) is 0 Å². The van der Waals surface area contributed by atoms with E-state index in [0.29, 0.717) is 18.0 Å². The summed E-state index contributed by atoms with van der Waals surface area (Å²) in [6.07, 6.45) is 7.81. The van der Waals surface area contributed by atoms with Gasteiger partial charge in [-0.25, -0.2) is 0 Å². The number of amides is 1. The zero-order valence-corrected chi connectivity index (χ0v) is 12.6. The van der Waals surface area contributed by atoms with E-state index in [0.717, 1.165) is 13.0 Å². The Bertz CT molecular complexity index is 294. The van der Waals surface area contributed by atoms with Crippen LogP contribution in [-0.4, -0.2) is 35.5 Å². The van der Waals surface area contributed by atoms with E-state index in [2.05, 4.69) is 30.7 Å². The Morgan fingerprint density at radius 2 is 1.94 bits per heavy atom. The van der Waals surface area contributed by atoms with Crippen LogP contribution in [0, 0.1) is 5.92 Å². The van der Waals surface area contributed by atoms with Gasteiger partial charge < -0.3 is 10.6 Å². The fourth-order valence-corrected chi connectivity index (χ4v) is 3.28. The predicted octanol–water partition coefficient (Wildman–Crippen LogP) is 2.16. The van der Waals surface area contributed by atoms with Crippen molar-refractivity contribution < 1.29 is 4.79 Å². The van der Waals surface area contributed by atoms with Crippen molar-refractivity contribution in [1.82, 2.24) is 10.6 Å². The molecule has 1 amide bonds. The molecule has 0 radical (unpaired) electrons. The van der Waals surface area contributed by atoms with Crippen molar-refractivity contribution >= 4 is 17.7 Å². The molecule has 2 aliphatic heterocycles. The smallest absolute Gasteiger partial charge is 0.220 e. The quantitative estimate of drug-likeness (QED) is 0.804. The minimum Gasteiger partial charge on any atom is -0.355 e. The van der Waals surface area contributed by atoms with E-state index in [-0.39, 0.29) is 10.7 Å². The van der Waals surface area contributed by atoms with Crippen molar-refractivity contribution in [2.24, 2.45) is 5.92 Å². The van der Waals surface area contributed by atoms with Crippen LogP contribution in [-0.2, 0) is 4.79 Å². The highest BCUT2D eigenvalue weighted by Gasteiger charge is 2.34. The van der Waals surface area contributed by atoms with E-state index in [1.54, 1.807) is 11.8 Å². The average molecular weight is 270 g/mol. The lowest BCUT2D eigenvalue weighted by atomic mass is 9.89. The number of thioether (sulfide) groups is 1. The summed E-state index contributed by atoms with van der Waals surface area (Å²) < 4.78 is 0.142. The average Bonchev–Trinajstić information content (AvgIpc) is 2.66. The van der Waals surface area contributed by atoms with Gasteiger partial charge in [-0.3, -0.25) is 4.79 Å². The Hall–Kier alpha value is -0.220. The van der Waals surface area contributed by atoms with E-state index in [9.17, 15) is 4.79 Å². The van der Waals surface area contributed by atoms with Crippen LogP contribution in [0.3, 0.4) is 0 Å². The number of carbonyl (C=O) groups excluding carboxylic acids is 1. The molecule has 3 nitrogen and oxygen atoms in total. The lowest BCUT2D eigenvalue weighted by Crippen LogP contribution is -2.41. The van der Waals surface area contributed by atoms with Crippen LogP contribution in [0.2, 0.25) is 0 Å². The third-order valence-electron chi connectivity index (χ3n) is 4.31. The summed E-state index contributed by atoms with van der Waals surface area (Å²) in [5, 5.41) is 6.71. The summed E-state index contributed by atoms with van der Waals surface area (Å²) in [7, 11) is 0. The van der Waals surface area contributed by atoms with Crippen LogP contribution in [0.1, 0.15) is 46.0 Å². The van der Waals surface area contributed by atoms with Crippen LogP contribution in [0.5, 0.6) is 0 Å². The van der Waals surface area contributed by atoms with Gasteiger partial charge in [-0.1, -0.05) is 0 Å². The molecule has 2 unspecified atom stereocenters. The summed E-state index contributed by atoms with van der Waals surface area (Å²) >= 11 is 1.80. The third kappa shape index (κ3) is 3.89. The minimum absolute atomic E-state index is 0.142. The number of fused-ring (bicyclic) bond motifs is 2. The molecule has 18 heavy (non-hydrogen) atoms. The normalized spacial score (nSPS) is 31.4. The van der Waals surface area contributed by atoms with E-state index < -0.39 is 0 Å². The molecule has 0 saturated carbocycles. The number of carbonyl (C=O) groups is 1. The molecule has 2 bridgehead atoms. The van der Waals surface area contributed by atoms with Crippen molar-refractivity contribution in [3.05, 3.63) is 0 Å². The number of piperidine rings is 1. The summed E-state index contributed by atoms with van der Waals surface area (Å²) in [6, 6.07) is 1.37. The maximum Gasteiger partial charge on any atom is 0.220 e. The molecule has 0 aromatic heterocycles. The van der Waals surface area contributed by atoms with Gasteiger partial charge in [0.1, 0.15) is 0 Å². The Morgan fingerprint density at radius 1 is 1.33 bits per heavy atom. The van der Waals surface area contributed by atoms with Gasteiger partial charge in [-0.2, -0.15) is 11.8 Å². The van der Waals surface area contributed by atoms with E-state index in [1.165, 1.54) is 25.7 Å². The molecule has 0 aliphatic carbocycles. The maximum absolute atomic E-state index is 12.0. The fraction of sp³-hybridized carbons (Fsp3) is 0.929. The van der Waals surface area contributed by atoms with Crippen LogP contribution < -0.4 is 10.6 Å². The molecular weight excluding hydrogens is 244 g/mol. The van der Waals surface area contributed by atoms with Crippen molar-refractivity contribution in [1.29, 1.82) is 0 Å². The predicted molar refractivity (Wildman–Crippen MR) is 77.9 cm³/mol. The number of hydrogen-bond donors (Lipinski definition) is 2. The largest absolute Gasteiger partial charge is 0.355 e. The molecule has 2 heterocycles. The molecule has 0 aromatic rings. The Kier molecular flexibility index (Phi) is 4.59. The summed E-state index contributed by atoms with van der Waals surface area (Å²) in [5.74, 6) is 0.838. The molecule has 0 aromatic carbocycles. The van der Waals surface area contributed by atoms with E-state index in [1.807, 2.05) is 0 Å². The molecule has 2 N–H and O–H groups in total. The molecule has 2 saturated heterocycles. The first-order valence-corrected chi connectivity index (χ1v) is 8.29. The van der Waals surface area contributed by atoms with Crippen molar-refractivity contribution in [3.63, 3.8) is 0 Å². The molecule has 4 heteroatoms. The van der Waals surface area contributed by atoms with E-state index >= 15 is 0 Å². The Labute approximate surface area is 115 Å². The van der Waals surface area contributed by atoms with Gasteiger partial charge in [-0.05, 0) is 51.7 Å². The maximum atomic E-state index is 12.0. The second kappa shape index (κ2) is 5.83. The zero-order chi connectivity index (χ0) is 13.2. The van der Waals surface area contributed by atoms with Gasteiger partial charge >= 0.3 is 0 Å². The standard InChI is InChI=1S/C14H26N2OS/c1-14(2,18-3)9-15-13(17)8-10-6-11-4-5-12(7-10)16-11/h10-12,16H,4-9H2,1-3H3,(H,15,17). The lowest BCUT2D eigenvalue weighted by Gasteiger charge is -2.29. The first-order valence-electron chi connectivity index (χ1n) is 7.06. The lowest BCUT2D eigenvalue weighted by molar-refractivity contribution is -0.122. The molecule has 0 spiro atoms. The van der Waals surface area contributed by atoms with Crippen molar-refractivity contribution in [3.8, 4) is 0 Å². The topological polar surface area (TPSA) is 41.1 Å². The first-order chi connectivity index (χ1) is 8.48. The molecule has 2 atom stereocenters. The van der Waals surface area contributed by atoms with Gasteiger partial charge in [0, 0.05) is 29.8 Å². The first kappa shape index (κ1) is 14.2. The van der Waals surface area contributed by atoms with Crippen LogP contribution in [0.25, 0.3) is 0 Å².